The molecule has 2 heterocycles. The number of nitrogens with zero attached hydrogens (tertiary/aromatic N) is 2. The van der Waals surface area contributed by atoms with Crippen LogP contribution in [0.25, 0.3) is 22.6 Å². The number of rotatable bonds is 2. The fourth-order valence-electron chi connectivity index (χ4n) is 2.07. The Labute approximate surface area is 107 Å². The number of H-pyrrole nitrogens is 2. The second-order valence-electron chi connectivity index (χ2n) is 4.15. The van der Waals surface area contributed by atoms with Crippen LogP contribution in [0.3, 0.4) is 0 Å². The van der Waals surface area contributed by atoms with Crippen molar-refractivity contribution < 1.29 is 0 Å². The Hall–Kier alpha value is -2.63. The molecule has 0 aliphatic heterocycles. The summed E-state index contributed by atoms with van der Waals surface area (Å²) in [5, 5.41) is 0. The number of fused-ring (bicyclic) bond motifs is 1. The summed E-state index contributed by atoms with van der Waals surface area (Å²) < 4.78 is 1.43. The lowest BCUT2D eigenvalue weighted by atomic mass is 10.2. The third-order valence-electron chi connectivity index (χ3n) is 3.00. The van der Waals surface area contributed by atoms with Crippen molar-refractivity contribution in [1.82, 2.24) is 19.5 Å². The van der Waals surface area contributed by atoms with Crippen molar-refractivity contribution in [3.05, 3.63) is 51.2 Å². The minimum atomic E-state index is -0.445. The largest absolute Gasteiger partial charge is 0.332 e. The number of aryl methyl sites for hydroxylation is 1. The predicted molar refractivity (Wildman–Crippen MR) is 72.1 cm³/mol. The first-order chi connectivity index (χ1) is 9.20. The first-order valence-electron chi connectivity index (χ1n) is 5.99. The van der Waals surface area contributed by atoms with E-state index in [0.29, 0.717) is 23.5 Å². The number of imidazole rings is 1. The number of aromatic amines is 2. The molecule has 0 fully saturated rings. The van der Waals surface area contributed by atoms with E-state index in [0.717, 1.165) is 5.56 Å². The fourth-order valence-corrected chi connectivity index (χ4v) is 2.07. The van der Waals surface area contributed by atoms with Crippen LogP contribution in [0.5, 0.6) is 0 Å². The summed E-state index contributed by atoms with van der Waals surface area (Å²) in [6.45, 7) is 2.28. The Bertz CT molecular complexity index is 842. The zero-order valence-electron chi connectivity index (χ0n) is 10.3. The van der Waals surface area contributed by atoms with Crippen LogP contribution in [0.1, 0.15) is 6.92 Å². The van der Waals surface area contributed by atoms with Crippen LogP contribution >= 0.6 is 0 Å². The van der Waals surface area contributed by atoms with E-state index in [1.807, 2.05) is 37.3 Å². The molecule has 6 heteroatoms. The Kier molecular flexibility index (Phi) is 2.56. The Morgan fingerprint density at radius 1 is 1.16 bits per heavy atom. The molecule has 3 rings (SSSR count). The van der Waals surface area contributed by atoms with Crippen LogP contribution in [0.2, 0.25) is 0 Å². The second-order valence-corrected chi connectivity index (χ2v) is 4.15. The molecule has 19 heavy (non-hydrogen) atoms. The minimum Gasteiger partial charge on any atom is -0.332 e. The van der Waals surface area contributed by atoms with Crippen LogP contribution in [0.15, 0.2) is 39.9 Å². The average molecular weight is 256 g/mol. The van der Waals surface area contributed by atoms with E-state index >= 15 is 0 Å². The molecule has 2 aromatic heterocycles. The van der Waals surface area contributed by atoms with Gasteiger partial charge >= 0.3 is 5.69 Å². The van der Waals surface area contributed by atoms with Crippen molar-refractivity contribution in [3.63, 3.8) is 0 Å². The molecule has 0 saturated carbocycles. The van der Waals surface area contributed by atoms with Crippen LogP contribution in [0.4, 0.5) is 0 Å². The molecule has 0 radical (unpaired) electrons. The van der Waals surface area contributed by atoms with Crippen LogP contribution in [0, 0.1) is 0 Å². The van der Waals surface area contributed by atoms with E-state index in [-0.39, 0.29) is 0 Å². The minimum absolute atomic E-state index is 0.320. The van der Waals surface area contributed by atoms with Gasteiger partial charge in [-0.25, -0.2) is 9.78 Å². The zero-order chi connectivity index (χ0) is 13.4. The topological polar surface area (TPSA) is 83.5 Å². The Morgan fingerprint density at radius 2 is 1.89 bits per heavy atom. The maximum atomic E-state index is 11.8. The number of benzene rings is 1. The summed E-state index contributed by atoms with van der Waals surface area (Å²) in [5.74, 6) is 0.578. The number of aromatic nitrogens is 4. The lowest BCUT2D eigenvalue weighted by Gasteiger charge is -1.99. The molecular weight excluding hydrogens is 244 g/mol. The molecule has 0 aliphatic rings. The molecule has 6 nitrogen and oxygen atoms in total. The van der Waals surface area contributed by atoms with Gasteiger partial charge in [-0.15, -0.1) is 0 Å². The van der Waals surface area contributed by atoms with Gasteiger partial charge in [-0.3, -0.25) is 14.3 Å². The Morgan fingerprint density at radius 3 is 2.58 bits per heavy atom. The summed E-state index contributed by atoms with van der Waals surface area (Å²) in [6, 6.07) is 9.46. The van der Waals surface area contributed by atoms with Crippen molar-refractivity contribution in [2.45, 2.75) is 13.5 Å². The van der Waals surface area contributed by atoms with Crippen molar-refractivity contribution in [2.75, 3.05) is 0 Å². The Balaban J connectivity index is 2.35. The quantitative estimate of drug-likeness (QED) is 0.720. The van der Waals surface area contributed by atoms with E-state index < -0.39 is 11.2 Å². The SMILES string of the molecule is CCn1c(=O)[nH]c(=O)c2[nH]c(-c3ccccc3)nc21. The summed E-state index contributed by atoms with van der Waals surface area (Å²) >= 11 is 0. The third kappa shape index (κ3) is 1.77. The van der Waals surface area contributed by atoms with E-state index in [1.54, 1.807) is 0 Å². The molecule has 0 atom stereocenters. The van der Waals surface area contributed by atoms with Crippen molar-refractivity contribution in [1.29, 1.82) is 0 Å². The lowest BCUT2D eigenvalue weighted by molar-refractivity contribution is 0.720. The highest BCUT2D eigenvalue weighted by molar-refractivity contribution is 5.75. The molecule has 0 spiro atoms. The average Bonchev–Trinajstić information content (AvgIpc) is 2.85. The molecule has 96 valence electrons. The molecule has 0 unspecified atom stereocenters. The maximum absolute atomic E-state index is 11.8. The first kappa shape index (κ1) is 11.5. The monoisotopic (exact) mass is 256 g/mol. The summed E-state index contributed by atoms with van der Waals surface area (Å²) in [7, 11) is 0. The van der Waals surface area contributed by atoms with Gasteiger partial charge < -0.3 is 4.98 Å². The van der Waals surface area contributed by atoms with Gasteiger partial charge in [0, 0.05) is 12.1 Å². The lowest BCUT2D eigenvalue weighted by Crippen LogP contribution is -2.29. The molecule has 0 aliphatic carbocycles. The normalized spacial score (nSPS) is 11.0. The van der Waals surface area contributed by atoms with Crippen molar-refractivity contribution in [2.24, 2.45) is 0 Å². The van der Waals surface area contributed by atoms with E-state index in [2.05, 4.69) is 15.0 Å². The summed E-state index contributed by atoms with van der Waals surface area (Å²) in [6.07, 6.45) is 0. The third-order valence-corrected chi connectivity index (χ3v) is 3.00. The molecular formula is C13H12N4O2. The van der Waals surface area contributed by atoms with Gasteiger partial charge in [-0.1, -0.05) is 30.3 Å². The highest BCUT2D eigenvalue weighted by Gasteiger charge is 2.12. The fraction of sp³-hybridized carbons (Fsp3) is 0.154. The van der Waals surface area contributed by atoms with Crippen molar-refractivity contribution in [3.8, 4) is 11.4 Å². The molecule has 0 saturated heterocycles. The van der Waals surface area contributed by atoms with Crippen LogP contribution < -0.4 is 11.2 Å². The van der Waals surface area contributed by atoms with Gasteiger partial charge in [0.1, 0.15) is 11.3 Å². The number of nitrogens with one attached hydrogen (secondary N) is 2. The van der Waals surface area contributed by atoms with E-state index in [1.165, 1.54) is 4.57 Å². The van der Waals surface area contributed by atoms with Gasteiger partial charge in [0.15, 0.2) is 5.65 Å². The molecule has 0 bridgehead atoms. The highest BCUT2D eigenvalue weighted by Crippen LogP contribution is 2.17. The summed E-state index contributed by atoms with van der Waals surface area (Å²) in [5.41, 5.74) is 0.689. The molecule has 3 aromatic rings. The zero-order valence-corrected chi connectivity index (χ0v) is 10.3. The predicted octanol–water partition coefficient (Wildman–Crippen LogP) is 1.10. The standard InChI is InChI=1S/C13H12N4O2/c1-2-17-11-9(12(18)16-13(17)19)14-10(15-11)8-6-4-3-5-7-8/h3-7H,2H2,1H3,(H,14,15)(H,16,18,19). The van der Waals surface area contributed by atoms with Crippen molar-refractivity contribution >= 4 is 11.2 Å². The highest BCUT2D eigenvalue weighted by atomic mass is 16.2. The number of hydrogen-bond donors (Lipinski definition) is 2. The maximum Gasteiger partial charge on any atom is 0.330 e. The molecule has 1 aromatic carbocycles. The van der Waals surface area contributed by atoms with E-state index in [4.69, 9.17) is 0 Å². The van der Waals surface area contributed by atoms with Gasteiger partial charge in [0.05, 0.1) is 0 Å². The van der Waals surface area contributed by atoms with Crippen LogP contribution in [-0.2, 0) is 6.54 Å². The van der Waals surface area contributed by atoms with Gasteiger partial charge in [-0.05, 0) is 6.92 Å². The smallest absolute Gasteiger partial charge is 0.330 e. The summed E-state index contributed by atoms with van der Waals surface area (Å²) in [4.78, 5) is 33.1. The van der Waals surface area contributed by atoms with E-state index in [9.17, 15) is 9.59 Å². The van der Waals surface area contributed by atoms with Gasteiger partial charge in [0.25, 0.3) is 5.56 Å². The van der Waals surface area contributed by atoms with Crippen LogP contribution in [-0.4, -0.2) is 19.5 Å². The number of hydrogen-bond acceptors (Lipinski definition) is 3. The second kappa shape index (κ2) is 4.24. The van der Waals surface area contributed by atoms with Gasteiger partial charge in [0.2, 0.25) is 0 Å². The van der Waals surface area contributed by atoms with Gasteiger partial charge in [-0.2, -0.15) is 0 Å². The first-order valence-corrected chi connectivity index (χ1v) is 5.99. The molecule has 2 N–H and O–H groups in total. The molecule has 0 amide bonds.